The minimum absolute atomic E-state index is 0.142. The Balaban J connectivity index is 2.87. The molecule has 0 aromatic heterocycles. The highest BCUT2D eigenvalue weighted by Crippen LogP contribution is 2.20. The van der Waals surface area contributed by atoms with Crippen LogP contribution in [0.2, 0.25) is 0 Å². The average molecular weight is 391 g/mol. The Hall–Kier alpha value is -1.68. The number of carbonyl (C=O) groups excluding carboxylic acids is 3. The Morgan fingerprint density at radius 2 is 1.88 bits per heavy atom. The third-order valence-corrected chi connectivity index (χ3v) is 6.82. The van der Waals surface area contributed by atoms with Gasteiger partial charge in [0.2, 0.25) is 17.4 Å². The second-order valence-corrected chi connectivity index (χ2v) is 9.10. The van der Waals surface area contributed by atoms with Crippen molar-refractivity contribution in [3.63, 3.8) is 0 Å². The first kappa shape index (κ1) is 22.4. The zero-order valence-electron chi connectivity index (χ0n) is 15.3. The summed E-state index contributed by atoms with van der Waals surface area (Å²) in [6, 6.07) is 0. The van der Waals surface area contributed by atoms with Crippen LogP contribution in [0.25, 0.3) is 0 Å². The number of primary amides is 1. The second-order valence-electron chi connectivity index (χ2n) is 6.81. The minimum Gasteiger partial charge on any atom is -0.464 e. The first-order valence-electron chi connectivity index (χ1n) is 8.81. The van der Waals surface area contributed by atoms with Gasteiger partial charge in [-0.25, -0.2) is 13.2 Å². The van der Waals surface area contributed by atoms with Gasteiger partial charge < -0.3 is 21.5 Å². The molecular formula is C16H29N3O6S. The van der Waals surface area contributed by atoms with Crippen molar-refractivity contribution >= 4 is 27.6 Å². The molecule has 0 bridgehead atoms. The Bertz CT molecular complexity index is 630. The zero-order valence-corrected chi connectivity index (χ0v) is 16.1. The molecule has 26 heavy (non-hydrogen) atoms. The van der Waals surface area contributed by atoms with Gasteiger partial charge in [0.15, 0.2) is 9.84 Å². The summed E-state index contributed by atoms with van der Waals surface area (Å²) in [5.41, 5.74) is 8.59. The van der Waals surface area contributed by atoms with Gasteiger partial charge in [-0.15, -0.1) is 0 Å². The van der Waals surface area contributed by atoms with Gasteiger partial charge >= 0.3 is 5.97 Å². The lowest BCUT2D eigenvalue weighted by Gasteiger charge is -2.26. The normalized spacial score (nSPS) is 19.8. The van der Waals surface area contributed by atoms with Crippen molar-refractivity contribution in [2.75, 3.05) is 18.9 Å². The third-order valence-electron chi connectivity index (χ3n) is 4.47. The highest BCUT2D eigenvalue weighted by atomic mass is 32.2. The minimum atomic E-state index is -3.83. The molecule has 0 saturated carbocycles. The van der Waals surface area contributed by atoms with Gasteiger partial charge in [0.25, 0.3) is 0 Å². The fraction of sp³-hybridized carbons (Fsp3) is 0.812. The molecular weight excluding hydrogens is 362 g/mol. The molecule has 1 fully saturated rings. The summed E-state index contributed by atoms with van der Waals surface area (Å²) < 4.78 is 30.4. The molecule has 0 aliphatic carbocycles. The topological polar surface area (TPSA) is 159 Å². The van der Waals surface area contributed by atoms with Crippen LogP contribution in [0.3, 0.4) is 0 Å². The van der Waals surface area contributed by atoms with Crippen LogP contribution in [-0.2, 0) is 29.0 Å². The highest BCUT2D eigenvalue weighted by molar-refractivity contribution is 7.92. The van der Waals surface area contributed by atoms with Gasteiger partial charge in [-0.1, -0.05) is 26.7 Å². The zero-order chi connectivity index (χ0) is 20.0. The van der Waals surface area contributed by atoms with E-state index in [0.29, 0.717) is 32.2 Å². The van der Waals surface area contributed by atoms with Crippen LogP contribution in [0.15, 0.2) is 0 Å². The van der Waals surface area contributed by atoms with Crippen LogP contribution < -0.4 is 16.8 Å². The standard InChI is InChI=1S/C16H29N3O6S/c1-3-5-12(6-4-2)26(23,24)10-16(18,14(17)21)15(22)25-9-11-7-13(20)19-8-11/h11-12H,3-10,18H2,1-2H3,(H2,17,21)(H,19,20)/t11-,16?/m1/s1. The molecule has 1 unspecified atom stereocenters. The molecule has 1 saturated heterocycles. The molecule has 1 aliphatic heterocycles. The number of hydrogen-bond acceptors (Lipinski definition) is 7. The lowest BCUT2D eigenvalue weighted by Crippen LogP contribution is -2.63. The number of sulfone groups is 1. The van der Waals surface area contributed by atoms with Crippen molar-refractivity contribution in [2.45, 2.75) is 56.7 Å². The molecule has 5 N–H and O–H groups in total. The van der Waals surface area contributed by atoms with Crippen molar-refractivity contribution in [1.82, 2.24) is 5.32 Å². The number of esters is 1. The number of carbonyl (C=O) groups is 3. The predicted molar refractivity (Wildman–Crippen MR) is 95.6 cm³/mol. The SMILES string of the molecule is CCCC(CCC)S(=O)(=O)CC(N)(C(N)=O)C(=O)OC[C@H]1CNC(=O)C1. The smallest absolute Gasteiger partial charge is 0.337 e. The summed E-state index contributed by atoms with van der Waals surface area (Å²) in [6.07, 6.45) is 2.30. The van der Waals surface area contributed by atoms with Crippen LogP contribution in [0.5, 0.6) is 0 Å². The summed E-state index contributed by atoms with van der Waals surface area (Å²) in [6.45, 7) is 3.91. The van der Waals surface area contributed by atoms with E-state index in [1.54, 1.807) is 0 Å². The van der Waals surface area contributed by atoms with E-state index in [1.165, 1.54) is 0 Å². The van der Waals surface area contributed by atoms with E-state index >= 15 is 0 Å². The summed E-state index contributed by atoms with van der Waals surface area (Å²) in [5, 5.41) is 1.90. The third kappa shape index (κ3) is 5.66. The van der Waals surface area contributed by atoms with Gasteiger partial charge in [0, 0.05) is 18.9 Å². The molecule has 1 rings (SSSR count). The van der Waals surface area contributed by atoms with Crippen molar-refractivity contribution in [2.24, 2.45) is 17.4 Å². The molecule has 2 atom stereocenters. The van der Waals surface area contributed by atoms with Gasteiger partial charge in [0.1, 0.15) is 0 Å². The number of nitrogens with two attached hydrogens (primary N) is 2. The number of rotatable bonds is 11. The van der Waals surface area contributed by atoms with Gasteiger partial charge in [-0.05, 0) is 12.8 Å². The van der Waals surface area contributed by atoms with Crippen LogP contribution in [0.4, 0.5) is 0 Å². The van der Waals surface area contributed by atoms with Gasteiger partial charge in [-0.2, -0.15) is 0 Å². The second kappa shape index (κ2) is 9.31. The lowest BCUT2D eigenvalue weighted by atomic mass is 10.0. The summed E-state index contributed by atoms with van der Waals surface area (Å²) in [4.78, 5) is 35.3. The Kier molecular flexibility index (Phi) is 8.01. The molecule has 0 aromatic rings. The Labute approximate surface area is 154 Å². The fourth-order valence-electron chi connectivity index (χ4n) is 2.92. The maximum atomic E-state index is 12.7. The maximum Gasteiger partial charge on any atom is 0.337 e. The Morgan fingerprint density at radius 1 is 1.31 bits per heavy atom. The van der Waals surface area contributed by atoms with Crippen molar-refractivity contribution in [1.29, 1.82) is 0 Å². The van der Waals surface area contributed by atoms with Crippen molar-refractivity contribution in [3.8, 4) is 0 Å². The molecule has 1 aliphatic rings. The van der Waals surface area contributed by atoms with Crippen LogP contribution in [-0.4, -0.2) is 55.9 Å². The van der Waals surface area contributed by atoms with Crippen molar-refractivity contribution < 1.29 is 27.5 Å². The van der Waals surface area contributed by atoms with E-state index in [4.69, 9.17) is 16.2 Å². The first-order valence-corrected chi connectivity index (χ1v) is 10.5. The molecule has 0 aromatic carbocycles. The molecule has 9 nitrogen and oxygen atoms in total. The van der Waals surface area contributed by atoms with Crippen LogP contribution in [0, 0.1) is 5.92 Å². The quantitative estimate of drug-likeness (QED) is 0.308. The molecule has 0 radical (unpaired) electrons. The number of hydrogen-bond donors (Lipinski definition) is 3. The highest BCUT2D eigenvalue weighted by Gasteiger charge is 2.48. The fourth-order valence-corrected chi connectivity index (χ4v) is 5.24. The van der Waals surface area contributed by atoms with E-state index in [0.717, 1.165) is 0 Å². The molecule has 2 amide bonds. The average Bonchev–Trinajstić information content (AvgIpc) is 2.97. The van der Waals surface area contributed by atoms with E-state index < -0.39 is 38.3 Å². The number of amides is 2. The summed E-state index contributed by atoms with van der Waals surface area (Å²) in [5.74, 6) is -3.73. The maximum absolute atomic E-state index is 12.7. The molecule has 10 heteroatoms. The Morgan fingerprint density at radius 3 is 2.31 bits per heavy atom. The summed E-state index contributed by atoms with van der Waals surface area (Å²) in [7, 11) is -3.83. The largest absolute Gasteiger partial charge is 0.464 e. The molecule has 150 valence electrons. The lowest BCUT2D eigenvalue weighted by molar-refractivity contribution is -0.154. The van der Waals surface area contributed by atoms with Crippen molar-refractivity contribution in [3.05, 3.63) is 0 Å². The van der Waals surface area contributed by atoms with E-state index in [-0.39, 0.29) is 24.9 Å². The molecule has 1 heterocycles. The predicted octanol–water partition coefficient (Wildman–Crippen LogP) is -0.768. The van der Waals surface area contributed by atoms with E-state index in [1.807, 2.05) is 13.8 Å². The monoisotopic (exact) mass is 391 g/mol. The molecule has 0 spiro atoms. The van der Waals surface area contributed by atoms with E-state index in [9.17, 15) is 22.8 Å². The number of ether oxygens (including phenoxy) is 1. The summed E-state index contributed by atoms with van der Waals surface area (Å²) >= 11 is 0. The van der Waals surface area contributed by atoms with E-state index in [2.05, 4.69) is 5.32 Å². The van der Waals surface area contributed by atoms with Gasteiger partial charge in [-0.3, -0.25) is 9.59 Å². The number of nitrogens with one attached hydrogen (secondary N) is 1. The van der Waals surface area contributed by atoms with Crippen LogP contribution in [0.1, 0.15) is 46.0 Å². The first-order chi connectivity index (χ1) is 12.1. The van der Waals surface area contributed by atoms with Crippen LogP contribution >= 0.6 is 0 Å². The van der Waals surface area contributed by atoms with Gasteiger partial charge in [0.05, 0.1) is 17.6 Å².